The summed E-state index contributed by atoms with van der Waals surface area (Å²) in [5.74, 6) is 0.693. The lowest BCUT2D eigenvalue weighted by Gasteiger charge is -2.34. The molecule has 0 bridgehead atoms. The zero-order valence-corrected chi connectivity index (χ0v) is 15.0. The number of rotatable bonds is 9. The summed E-state index contributed by atoms with van der Waals surface area (Å²) in [5, 5.41) is 4.46. The number of nitrogens with zero attached hydrogens (tertiary/aromatic N) is 1. The van der Waals surface area contributed by atoms with E-state index in [-0.39, 0.29) is 0 Å². The third-order valence-electron chi connectivity index (χ3n) is 4.10. The number of nitrogens with one attached hydrogen (secondary N) is 1. The predicted molar refractivity (Wildman–Crippen MR) is 94.0 cm³/mol. The molecule has 0 aliphatic heterocycles. The highest BCUT2D eigenvalue weighted by atomic mass is 35.5. The molecule has 0 amide bonds. The second-order valence-corrected chi connectivity index (χ2v) is 6.76. The van der Waals surface area contributed by atoms with Crippen molar-refractivity contribution < 1.29 is 0 Å². The van der Waals surface area contributed by atoms with Crippen LogP contribution in [0.2, 0.25) is 5.02 Å². The van der Waals surface area contributed by atoms with E-state index >= 15 is 0 Å². The van der Waals surface area contributed by atoms with Gasteiger partial charge in [-0.1, -0.05) is 57.0 Å². The van der Waals surface area contributed by atoms with Crippen molar-refractivity contribution >= 4 is 11.6 Å². The molecule has 2 atom stereocenters. The molecule has 0 heterocycles. The fourth-order valence-corrected chi connectivity index (χ4v) is 2.96. The molecule has 3 heteroatoms. The molecular weight excluding hydrogens is 280 g/mol. The van der Waals surface area contributed by atoms with Gasteiger partial charge in [0, 0.05) is 23.7 Å². The van der Waals surface area contributed by atoms with Crippen molar-refractivity contribution in [2.75, 3.05) is 20.1 Å². The number of likely N-dealkylation sites (N-methyl/N-ethyl adjacent to an activating group) is 1. The van der Waals surface area contributed by atoms with Crippen molar-refractivity contribution in [1.82, 2.24) is 10.2 Å². The molecule has 1 N–H and O–H groups in total. The summed E-state index contributed by atoms with van der Waals surface area (Å²) in [6, 6.07) is 9.04. The van der Waals surface area contributed by atoms with Gasteiger partial charge in [-0.3, -0.25) is 4.90 Å². The molecule has 0 aromatic heterocycles. The Bertz CT molecular complexity index is 406. The maximum absolute atomic E-state index is 6.35. The molecule has 0 saturated heterocycles. The maximum Gasteiger partial charge on any atom is 0.0453 e. The molecule has 120 valence electrons. The van der Waals surface area contributed by atoms with Crippen molar-refractivity contribution in [3.8, 4) is 0 Å². The van der Waals surface area contributed by atoms with Gasteiger partial charge < -0.3 is 5.32 Å². The second kappa shape index (κ2) is 9.45. The van der Waals surface area contributed by atoms with E-state index in [1.54, 1.807) is 0 Å². The normalized spacial score (nSPS) is 14.7. The first-order valence-corrected chi connectivity index (χ1v) is 8.52. The lowest BCUT2D eigenvalue weighted by atomic mass is 10.0. The second-order valence-electron chi connectivity index (χ2n) is 6.36. The van der Waals surface area contributed by atoms with Crippen LogP contribution in [0.1, 0.15) is 52.1 Å². The van der Waals surface area contributed by atoms with Gasteiger partial charge in [-0.15, -0.1) is 0 Å². The Morgan fingerprint density at radius 1 is 1.14 bits per heavy atom. The monoisotopic (exact) mass is 310 g/mol. The lowest BCUT2D eigenvalue weighted by Crippen LogP contribution is -2.42. The van der Waals surface area contributed by atoms with Gasteiger partial charge >= 0.3 is 0 Å². The van der Waals surface area contributed by atoms with Gasteiger partial charge in [-0.25, -0.2) is 0 Å². The van der Waals surface area contributed by atoms with Gasteiger partial charge in [-0.2, -0.15) is 0 Å². The van der Waals surface area contributed by atoms with E-state index in [2.05, 4.69) is 57.1 Å². The van der Waals surface area contributed by atoms with Gasteiger partial charge in [0.05, 0.1) is 0 Å². The molecule has 2 nitrogen and oxygen atoms in total. The molecule has 1 rings (SSSR count). The summed E-state index contributed by atoms with van der Waals surface area (Å²) in [7, 11) is 2.21. The predicted octanol–water partition coefficient (Wildman–Crippen LogP) is 4.75. The minimum atomic E-state index is 0.330. The van der Waals surface area contributed by atoms with Crippen molar-refractivity contribution in [3.05, 3.63) is 34.9 Å². The molecule has 0 saturated carbocycles. The molecule has 0 fully saturated rings. The summed E-state index contributed by atoms with van der Waals surface area (Å²) in [4.78, 5) is 2.46. The molecular formula is C18H31ClN2. The maximum atomic E-state index is 6.35. The molecule has 2 unspecified atom stereocenters. The van der Waals surface area contributed by atoms with Crippen LogP contribution < -0.4 is 5.32 Å². The minimum absolute atomic E-state index is 0.330. The van der Waals surface area contributed by atoms with E-state index in [1.807, 2.05) is 12.1 Å². The van der Waals surface area contributed by atoms with E-state index in [4.69, 9.17) is 11.6 Å². The van der Waals surface area contributed by atoms with Crippen LogP contribution in [0.3, 0.4) is 0 Å². The topological polar surface area (TPSA) is 15.3 Å². The Morgan fingerprint density at radius 2 is 1.81 bits per heavy atom. The largest absolute Gasteiger partial charge is 0.315 e. The SMILES string of the molecule is CCCC(CNCC(C)C)N(C)C(C)c1ccccc1Cl. The summed E-state index contributed by atoms with van der Waals surface area (Å²) in [6.07, 6.45) is 2.41. The highest BCUT2D eigenvalue weighted by Crippen LogP contribution is 2.28. The average Bonchev–Trinajstić information content (AvgIpc) is 2.45. The molecule has 21 heavy (non-hydrogen) atoms. The van der Waals surface area contributed by atoms with E-state index in [1.165, 1.54) is 18.4 Å². The summed E-state index contributed by atoms with van der Waals surface area (Å²) >= 11 is 6.35. The Kier molecular flexibility index (Phi) is 8.31. The Hall–Kier alpha value is -0.570. The van der Waals surface area contributed by atoms with Crippen molar-refractivity contribution in [3.63, 3.8) is 0 Å². The molecule has 1 aromatic rings. The number of halogens is 1. The number of hydrogen-bond acceptors (Lipinski definition) is 2. The van der Waals surface area contributed by atoms with E-state index < -0.39 is 0 Å². The Balaban J connectivity index is 2.70. The molecule has 1 aromatic carbocycles. The van der Waals surface area contributed by atoms with Crippen molar-refractivity contribution in [1.29, 1.82) is 0 Å². The van der Waals surface area contributed by atoms with Crippen molar-refractivity contribution in [2.45, 2.75) is 52.6 Å². The molecule has 0 radical (unpaired) electrons. The summed E-state index contributed by atoms with van der Waals surface area (Å²) in [5.41, 5.74) is 1.21. The van der Waals surface area contributed by atoms with E-state index in [0.717, 1.165) is 18.1 Å². The van der Waals surface area contributed by atoms with Crippen LogP contribution in [0.25, 0.3) is 0 Å². The Morgan fingerprint density at radius 3 is 2.38 bits per heavy atom. The molecule has 0 aliphatic rings. The van der Waals surface area contributed by atoms with Crippen LogP contribution in [-0.4, -0.2) is 31.1 Å². The smallest absolute Gasteiger partial charge is 0.0453 e. The van der Waals surface area contributed by atoms with Crippen LogP contribution in [0.15, 0.2) is 24.3 Å². The number of benzene rings is 1. The Labute approximate surface area is 135 Å². The van der Waals surface area contributed by atoms with Crippen LogP contribution in [-0.2, 0) is 0 Å². The zero-order valence-electron chi connectivity index (χ0n) is 14.2. The van der Waals surface area contributed by atoms with E-state index in [0.29, 0.717) is 18.0 Å². The first-order valence-electron chi connectivity index (χ1n) is 8.14. The summed E-state index contributed by atoms with van der Waals surface area (Å²) in [6.45, 7) is 11.1. The first-order chi connectivity index (χ1) is 9.97. The first kappa shape index (κ1) is 18.5. The summed E-state index contributed by atoms with van der Waals surface area (Å²) < 4.78 is 0. The zero-order chi connectivity index (χ0) is 15.8. The minimum Gasteiger partial charge on any atom is -0.315 e. The number of hydrogen-bond donors (Lipinski definition) is 1. The van der Waals surface area contributed by atoms with Gasteiger partial charge in [0.15, 0.2) is 0 Å². The molecule has 0 spiro atoms. The van der Waals surface area contributed by atoms with Crippen LogP contribution >= 0.6 is 11.6 Å². The van der Waals surface area contributed by atoms with Crippen LogP contribution in [0, 0.1) is 5.92 Å². The van der Waals surface area contributed by atoms with Gasteiger partial charge in [0.1, 0.15) is 0 Å². The standard InChI is InChI=1S/C18H31ClN2/c1-6-9-16(13-20-12-14(2)3)21(5)15(4)17-10-7-8-11-18(17)19/h7-8,10-11,14-16,20H,6,9,12-13H2,1-5H3. The van der Waals surface area contributed by atoms with Crippen LogP contribution in [0.5, 0.6) is 0 Å². The third kappa shape index (κ3) is 5.98. The molecule has 0 aliphatic carbocycles. The third-order valence-corrected chi connectivity index (χ3v) is 4.44. The van der Waals surface area contributed by atoms with Gasteiger partial charge in [0.2, 0.25) is 0 Å². The fraction of sp³-hybridized carbons (Fsp3) is 0.667. The fourth-order valence-electron chi connectivity index (χ4n) is 2.67. The van der Waals surface area contributed by atoms with Crippen LogP contribution in [0.4, 0.5) is 0 Å². The van der Waals surface area contributed by atoms with Crippen molar-refractivity contribution in [2.24, 2.45) is 5.92 Å². The van der Waals surface area contributed by atoms with E-state index in [9.17, 15) is 0 Å². The van der Waals surface area contributed by atoms with Gasteiger partial charge in [0.25, 0.3) is 0 Å². The van der Waals surface area contributed by atoms with Gasteiger partial charge in [-0.05, 0) is 44.5 Å². The highest BCUT2D eigenvalue weighted by molar-refractivity contribution is 6.31. The quantitative estimate of drug-likeness (QED) is 0.708. The average molecular weight is 311 g/mol. The lowest BCUT2D eigenvalue weighted by molar-refractivity contribution is 0.170. The highest BCUT2D eigenvalue weighted by Gasteiger charge is 2.21.